The molecule has 1 aromatic carbocycles. The van der Waals surface area contributed by atoms with Crippen LogP contribution in [0.4, 0.5) is 18.9 Å². The molecule has 5 nitrogen and oxygen atoms in total. The van der Waals surface area contributed by atoms with Gasteiger partial charge in [-0.05, 0) is 49.6 Å². The SMILES string of the molecule is CC(O)(C(=O)Nc1ccc2c(c1)C(=O)c1cccnc1CC2)C(F)(F)F. The van der Waals surface area contributed by atoms with Crippen LogP contribution in [0.5, 0.6) is 0 Å². The third kappa shape index (κ3) is 3.08. The lowest BCUT2D eigenvalue weighted by Crippen LogP contribution is -2.52. The third-order valence-electron chi connectivity index (χ3n) is 4.37. The number of nitrogens with zero attached hydrogens (tertiary/aromatic N) is 1. The lowest BCUT2D eigenvalue weighted by atomic mass is 9.99. The van der Waals surface area contributed by atoms with Gasteiger partial charge in [0.2, 0.25) is 5.60 Å². The van der Waals surface area contributed by atoms with Gasteiger partial charge in [-0.1, -0.05) is 6.07 Å². The summed E-state index contributed by atoms with van der Waals surface area (Å²) in [4.78, 5) is 28.8. The molecule has 1 amide bonds. The van der Waals surface area contributed by atoms with Crippen molar-refractivity contribution in [1.29, 1.82) is 0 Å². The summed E-state index contributed by atoms with van der Waals surface area (Å²) in [6.07, 6.45) is -2.43. The van der Waals surface area contributed by atoms with Crippen molar-refractivity contribution in [2.75, 3.05) is 5.32 Å². The number of rotatable bonds is 2. The van der Waals surface area contributed by atoms with Crippen molar-refractivity contribution in [1.82, 2.24) is 4.98 Å². The predicted molar refractivity (Wildman–Crippen MR) is 86.8 cm³/mol. The van der Waals surface area contributed by atoms with Gasteiger partial charge in [0.05, 0.1) is 5.69 Å². The average molecular weight is 364 g/mol. The standard InChI is InChI=1S/C18H15F3N2O3/c1-17(26,18(19,20)21)16(25)23-11-6-4-10-5-7-14-12(3-2-8-22-14)15(24)13(10)9-11/h2-4,6,8-9,26H,5,7H2,1H3,(H,23,25). The number of benzene rings is 1. The maximum Gasteiger partial charge on any atom is 0.426 e. The largest absolute Gasteiger partial charge is 0.426 e. The molecule has 1 aliphatic carbocycles. The Morgan fingerprint density at radius 2 is 1.92 bits per heavy atom. The van der Waals surface area contributed by atoms with E-state index in [0.29, 0.717) is 42.1 Å². The zero-order chi connectivity index (χ0) is 19.1. The van der Waals surface area contributed by atoms with Crippen LogP contribution in [0.25, 0.3) is 0 Å². The summed E-state index contributed by atoms with van der Waals surface area (Å²) in [5.74, 6) is -1.92. The molecule has 1 unspecified atom stereocenters. The molecule has 8 heteroatoms. The number of hydrogen-bond acceptors (Lipinski definition) is 4. The van der Waals surface area contributed by atoms with Gasteiger partial charge >= 0.3 is 6.18 Å². The molecule has 0 saturated heterocycles. The third-order valence-corrected chi connectivity index (χ3v) is 4.37. The molecule has 26 heavy (non-hydrogen) atoms. The van der Waals surface area contributed by atoms with E-state index in [1.165, 1.54) is 12.1 Å². The highest BCUT2D eigenvalue weighted by molar-refractivity contribution is 6.12. The van der Waals surface area contributed by atoms with E-state index in [0.717, 1.165) is 0 Å². The second-order valence-corrected chi connectivity index (χ2v) is 6.22. The summed E-state index contributed by atoms with van der Waals surface area (Å²) in [5.41, 5.74) is -1.45. The van der Waals surface area contributed by atoms with Crippen molar-refractivity contribution in [3.8, 4) is 0 Å². The Kier molecular flexibility index (Phi) is 4.31. The zero-order valence-electron chi connectivity index (χ0n) is 13.7. The molecule has 1 atom stereocenters. The van der Waals surface area contributed by atoms with Crippen LogP contribution in [0.1, 0.15) is 34.1 Å². The van der Waals surface area contributed by atoms with Gasteiger partial charge in [-0.25, -0.2) is 0 Å². The number of amides is 1. The first-order valence-corrected chi connectivity index (χ1v) is 7.83. The predicted octanol–water partition coefficient (Wildman–Crippen LogP) is 2.66. The molecule has 136 valence electrons. The topological polar surface area (TPSA) is 79.3 Å². The number of aryl methyl sites for hydroxylation is 2. The fourth-order valence-corrected chi connectivity index (χ4v) is 2.71. The number of aliphatic hydroxyl groups is 1. The zero-order valence-corrected chi connectivity index (χ0v) is 13.7. The second kappa shape index (κ2) is 6.21. The van der Waals surface area contributed by atoms with Gasteiger partial charge in [-0.2, -0.15) is 13.2 Å². The van der Waals surface area contributed by atoms with Gasteiger partial charge in [0.25, 0.3) is 5.91 Å². The Hall–Kier alpha value is -2.74. The molecular formula is C18H15F3N2O3. The molecule has 3 rings (SSSR count). The molecule has 2 N–H and O–H groups in total. The van der Waals surface area contributed by atoms with E-state index in [4.69, 9.17) is 0 Å². The fourth-order valence-electron chi connectivity index (χ4n) is 2.71. The Bertz CT molecular complexity index is 891. The van der Waals surface area contributed by atoms with Crippen molar-refractivity contribution in [2.24, 2.45) is 0 Å². The molecule has 0 spiro atoms. The Morgan fingerprint density at radius 1 is 1.19 bits per heavy atom. The van der Waals surface area contributed by atoms with Gasteiger partial charge in [-0.15, -0.1) is 0 Å². The number of carbonyl (C=O) groups excluding carboxylic acids is 2. The van der Waals surface area contributed by atoms with Crippen LogP contribution in [-0.4, -0.2) is 33.6 Å². The van der Waals surface area contributed by atoms with E-state index in [1.807, 2.05) is 5.32 Å². The molecule has 1 heterocycles. The van der Waals surface area contributed by atoms with Crippen LogP contribution in [0, 0.1) is 0 Å². The minimum absolute atomic E-state index is 0.000958. The van der Waals surface area contributed by atoms with Crippen LogP contribution in [0.2, 0.25) is 0 Å². The molecule has 1 aliphatic rings. The second-order valence-electron chi connectivity index (χ2n) is 6.22. The van der Waals surface area contributed by atoms with Crippen LogP contribution >= 0.6 is 0 Å². The lowest BCUT2D eigenvalue weighted by Gasteiger charge is -2.25. The van der Waals surface area contributed by atoms with E-state index in [1.54, 1.807) is 24.4 Å². The highest BCUT2D eigenvalue weighted by Crippen LogP contribution is 2.32. The fraction of sp³-hybridized carbons (Fsp3) is 0.278. The Morgan fingerprint density at radius 3 is 2.62 bits per heavy atom. The maximum atomic E-state index is 12.8. The molecule has 0 saturated carbocycles. The Labute approximate surface area is 146 Å². The van der Waals surface area contributed by atoms with Crippen LogP contribution in [0.3, 0.4) is 0 Å². The summed E-state index contributed by atoms with van der Waals surface area (Å²) < 4.78 is 38.3. The van der Waals surface area contributed by atoms with E-state index < -0.39 is 17.7 Å². The number of hydrogen-bond donors (Lipinski definition) is 2. The van der Waals surface area contributed by atoms with Crippen LogP contribution < -0.4 is 5.32 Å². The quantitative estimate of drug-likeness (QED) is 0.859. The van der Waals surface area contributed by atoms with Gasteiger partial charge < -0.3 is 10.4 Å². The number of carbonyl (C=O) groups is 2. The van der Waals surface area contributed by atoms with E-state index >= 15 is 0 Å². The number of anilines is 1. The summed E-state index contributed by atoms with van der Waals surface area (Å²) in [6.45, 7) is 0.374. The van der Waals surface area contributed by atoms with E-state index in [-0.39, 0.29) is 11.5 Å². The lowest BCUT2D eigenvalue weighted by molar-refractivity contribution is -0.242. The summed E-state index contributed by atoms with van der Waals surface area (Å²) >= 11 is 0. The normalized spacial score (nSPS) is 16.1. The van der Waals surface area contributed by atoms with Gasteiger partial charge in [0, 0.05) is 23.0 Å². The van der Waals surface area contributed by atoms with Crippen molar-refractivity contribution in [3.05, 3.63) is 58.9 Å². The number of halogens is 3. The smallest absolute Gasteiger partial charge is 0.373 e. The molecule has 0 bridgehead atoms. The minimum atomic E-state index is -5.12. The first-order chi connectivity index (χ1) is 12.1. The molecule has 1 aromatic heterocycles. The number of fused-ring (bicyclic) bond motifs is 2. The highest BCUT2D eigenvalue weighted by Gasteiger charge is 2.55. The van der Waals surface area contributed by atoms with Crippen LogP contribution in [-0.2, 0) is 17.6 Å². The van der Waals surface area contributed by atoms with Gasteiger partial charge in [0.1, 0.15) is 0 Å². The maximum absolute atomic E-state index is 12.8. The number of pyridine rings is 1. The number of aromatic nitrogens is 1. The monoisotopic (exact) mass is 364 g/mol. The van der Waals surface area contributed by atoms with Crippen molar-refractivity contribution in [3.63, 3.8) is 0 Å². The summed E-state index contributed by atoms with van der Waals surface area (Å²) in [7, 11) is 0. The van der Waals surface area contributed by atoms with E-state index in [9.17, 15) is 27.9 Å². The van der Waals surface area contributed by atoms with Crippen LogP contribution in [0.15, 0.2) is 36.5 Å². The first kappa shape index (κ1) is 18.1. The molecular weight excluding hydrogens is 349 g/mol. The number of nitrogens with one attached hydrogen (secondary N) is 1. The number of alkyl halides is 3. The first-order valence-electron chi connectivity index (χ1n) is 7.83. The van der Waals surface area contributed by atoms with E-state index in [2.05, 4.69) is 4.98 Å². The van der Waals surface area contributed by atoms with Gasteiger partial charge in [0.15, 0.2) is 5.78 Å². The summed E-state index contributed by atoms with van der Waals surface area (Å²) in [6, 6.07) is 7.58. The highest BCUT2D eigenvalue weighted by atomic mass is 19.4. The number of ketones is 1. The molecule has 0 radical (unpaired) electrons. The summed E-state index contributed by atoms with van der Waals surface area (Å²) in [5, 5.41) is 11.5. The van der Waals surface area contributed by atoms with Crippen molar-refractivity contribution >= 4 is 17.4 Å². The van der Waals surface area contributed by atoms with Crippen molar-refractivity contribution < 1.29 is 27.9 Å². The minimum Gasteiger partial charge on any atom is -0.373 e. The van der Waals surface area contributed by atoms with Gasteiger partial charge in [-0.3, -0.25) is 14.6 Å². The Balaban J connectivity index is 1.93. The molecule has 2 aromatic rings. The van der Waals surface area contributed by atoms with Crippen molar-refractivity contribution in [2.45, 2.75) is 31.5 Å². The molecule has 0 aliphatic heterocycles. The molecule has 0 fully saturated rings. The average Bonchev–Trinajstić information content (AvgIpc) is 2.72.